The molecule has 16 heavy (non-hydrogen) atoms. The van der Waals surface area contributed by atoms with E-state index in [1.54, 1.807) is 0 Å². The summed E-state index contributed by atoms with van der Waals surface area (Å²) in [6.07, 6.45) is 0.632. The van der Waals surface area contributed by atoms with Crippen molar-refractivity contribution in [1.82, 2.24) is 0 Å². The van der Waals surface area contributed by atoms with Crippen molar-refractivity contribution >= 4 is 16.3 Å². The van der Waals surface area contributed by atoms with Gasteiger partial charge in [-0.3, -0.25) is 0 Å². The van der Waals surface area contributed by atoms with Crippen molar-refractivity contribution in [3.05, 3.63) is 54.1 Å². The van der Waals surface area contributed by atoms with E-state index in [1.165, 1.54) is 16.3 Å². The predicted molar refractivity (Wildman–Crippen MR) is 69.4 cm³/mol. The molecular formula is C15H16O. The molecule has 2 aromatic carbocycles. The first kappa shape index (κ1) is 10.9. The van der Waals surface area contributed by atoms with Gasteiger partial charge in [0.25, 0.3) is 0 Å². The van der Waals surface area contributed by atoms with Crippen LogP contribution in [0.5, 0.6) is 0 Å². The fourth-order valence-corrected chi connectivity index (χ4v) is 2.03. The predicted octanol–water partition coefficient (Wildman–Crippen LogP) is 3.54. The molecule has 0 fully saturated rings. The van der Waals surface area contributed by atoms with Gasteiger partial charge in [0.15, 0.2) is 0 Å². The van der Waals surface area contributed by atoms with E-state index in [-0.39, 0.29) is 6.61 Å². The summed E-state index contributed by atoms with van der Waals surface area (Å²) in [7, 11) is 0. The number of hydrogen-bond acceptors (Lipinski definition) is 1. The van der Waals surface area contributed by atoms with Crippen molar-refractivity contribution in [2.45, 2.75) is 13.3 Å². The first-order valence-corrected chi connectivity index (χ1v) is 5.51. The summed E-state index contributed by atoms with van der Waals surface area (Å²) in [5.41, 5.74) is 3.42. The molecule has 82 valence electrons. The molecule has 0 aliphatic heterocycles. The fourth-order valence-electron chi connectivity index (χ4n) is 2.03. The third kappa shape index (κ3) is 1.86. The maximum atomic E-state index is 8.96. The van der Waals surface area contributed by atoms with E-state index < -0.39 is 0 Å². The van der Waals surface area contributed by atoms with Crippen LogP contribution in [0.3, 0.4) is 0 Å². The van der Waals surface area contributed by atoms with Crippen molar-refractivity contribution in [2.24, 2.45) is 0 Å². The summed E-state index contributed by atoms with van der Waals surface area (Å²) < 4.78 is 0. The van der Waals surface area contributed by atoms with Gasteiger partial charge in [-0.15, -0.1) is 0 Å². The molecule has 0 atom stereocenters. The number of benzene rings is 2. The molecule has 0 spiro atoms. The quantitative estimate of drug-likeness (QED) is 0.825. The van der Waals surface area contributed by atoms with Crippen LogP contribution in [0, 0.1) is 6.92 Å². The zero-order valence-electron chi connectivity index (χ0n) is 9.53. The minimum absolute atomic E-state index is 0.154. The van der Waals surface area contributed by atoms with Crippen LogP contribution in [-0.2, 0) is 0 Å². The summed E-state index contributed by atoms with van der Waals surface area (Å²) in [5.74, 6) is 0. The second-order valence-corrected chi connectivity index (χ2v) is 4.05. The largest absolute Gasteiger partial charge is 0.396 e. The first-order valence-electron chi connectivity index (χ1n) is 5.51. The SMILES string of the molecule is C=C(CCO)c1ccc(C)c2ccccc12. The third-order valence-electron chi connectivity index (χ3n) is 2.94. The highest BCUT2D eigenvalue weighted by atomic mass is 16.2. The van der Waals surface area contributed by atoms with Crippen LogP contribution in [0.1, 0.15) is 17.5 Å². The maximum absolute atomic E-state index is 8.96. The number of fused-ring (bicyclic) bond motifs is 1. The van der Waals surface area contributed by atoms with E-state index in [9.17, 15) is 0 Å². The van der Waals surface area contributed by atoms with E-state index in [1.807, 2.05) is 12.1 Å². The molecule has 0 saturated heterocycles. The first-order chi connectivity index (χ1) is 7.74. The highest BCUT2D eigenvalue weighted by molar-refractivity contribution is 5.95. The molecule has 2 aromatic rings. The van der Waals surface area contributed by atoms with Crippen LogP contribution in [0.25, 0.3) is 16.3 Å². The molecule has 0 amide bonds. The van der Waals surface area contributed by atoms with Crippen molar-refractivity contribution in [1.29, 1.82) is 0 Å². The fraction of sp³-hybridized carbons (Fsp3) is 0.200. The highest BCUT2D eigenvalue weighted by Gasteiger charge is 2.05. The lowest BCUT2D eigenvalue weighted by Crippen LogP contribution is -1.90. The standard InChI is InChI=1S/C15H16O/c1-11-7-8-14(12(2)9-10-16)15-6-4-3-5-13(11)15/h3-8,16H,2,9-10H2,1H3. The second-order valence-electron chi connectivity index (χ2n) is 4.05. The van der Waals surface area contributed by atoms with Gasteiger partial charge in [0.1, 0.15) is 0 Å². The number of rotatable bonds is 3. The zero-order chi connectivity index (χ0) is 11.5. The Hall–Kier alpha value is -1.60. The molecule has 0 unspecified atom stereocenters. The summed E-state index contributed by atoms with van der Waals surface area (Å²) in [5, 5.41) is 11.4. The molecule has 1 nitrogen and oxygen atoms in total. The lowest BCUT2D eigenvalue weighted by Gasteiger charge is -2.10. The Balaban J connectivity index is 2.63. The minimum atomic E-state index is 0.154. The molecule has 0 saturated carbocycles. The Morgan fingerprint density at radius 2 is 1.81 bits per heavy atom. The molecule has 2 rings (SSSR count). The Kier molecular flexibility index (Phi) is 3.07. The Morgan fingerprint density at radius 1 is 1.12 bits per heavy atom. The average Bonchev–Trinajstić information content (AvgIpc) is 2.30. The topological polar surface area (TPSA) is 20.2 Å². The second kappa shape index (κ2) is 4.50. The van der Waals surface area contributed by atoms with Gasteiger partial charge in [-0.25, -0.2) is 0 Å². The van der Waals surface area contributed by atoms with E-state index in [4.69, 9.17) is 5.11 Å². The van der Waals surface area contributed by atoms with Crippen molar-refractivity contribution in [3.63, 3.8) is 0 Å². The lowest BCUT2D eigenvalue weighted by atomic mass is 9.95. The monoisotopic (exact) mass is 212 g/mol. The lowest BCUT2D eigenvalue weighted by molar-refractivity contribution is 0.305. The molecule has 1 N–H and O–H groups in total. The Bertz CT molecular complexity index is 526. The van der Waals surface area contributed by atoms with Crippen LogP contribution in [0.15, 0.2) is 43.0 Å². The molecule has 0 heterocycles. The van der Waals surface area contributed by atoms with Gasteiger partial charge in [0.05, 0.1) is 0 Å². The van der Waals surface area contributed by atoms with E-state index in [0.717, 1.165) is 11.1 Å². The van der Waals surface area contributed by atoms with Gasteiger partial charge >= 0.3 is 0 Å². The molecule has 0 bridgehead atoms. The summed E-state index contributed by atoms with van der Waals surface area (Å²) in [6.45, 7) is 6.30. The molecule has 0 aliphatic rings. The Labute approximate surface area is 96.0 Å². The Morgan fingerprint density at radius 3 is 2.50 bits per heavy atom. The van der Waals surface area contributed by atoms with Crippen LogP contribution >= 0.6 is 0 Å². The average molecular weight is 212 g/mol. The molecule has 0 aromatic heterocycles. The summed E-state index contributed by atoms with van der Waals surface area (Å²) >= 11 is 0. The molecule has 0 radical (unpaired) electrons. The minimum Gasteiger partial charge on any atom is -0.396 e. The van der Waals surface area contributed by atoms with Crippen LogP contribution in [0.4, 0.5) is 0 Å². The van der Waals surface area contributed by atoms with Gasteiger partial charge in [-0.2, -0.15) is 0 Å². The van der Waals surface area contributed by atoms with Crippen LogP contribution in [-0.4, -0.2) is 11.7 Å². The number of aliphatic hydroxyl groups is 1. The van der Waals surface area contributed by atoms with E-state index in [2.05, 4.69) is 37.8 Å². The van der Waals surface area contributed by atoms with Gasteiger partial charge in [0.2, 0.25) is 0 Å². The van der Waals surface area contributed by atoms with E-state index in [0.29, 0.717) is 6.42 Å². The van der Waals surface area contributed by atoms with Gasteiger partial charge in [-0.05, 0) is 40.8 Å². The molecular weight excluding hydrogens is 196 g/mol. The highest BCUT2D eigenvalue weighted by Crippen LogP contribution is 2.27. The maximum Gasteiger partial charge on any atom is 0.0471 e. The molecule has 1 heteroatoms. The smallest absolute Gasteiger partial charge is 0.0471 e. The van der Waals surface area contributed by atoms with Crippen LogP contribution < -0.4 is 0 Å². The van der Waals surface area contributed by atoms with Gasteiger partial charge in [-0.1, -0.05) is 43.0 Å². The van der Waals surface area contributed by atoms with Crippen molar-refractivity contribution in [3.8, 4) is 0 Å². The number of aliphatic hydroxyl groups excluding tert-OH is 1. The summed E-state index contributed by atoms with van der Waals surface area (Å²) in [6, 6.07) is 12.5. The number of hydrogen-bond donors (Lipinski definition) is 1. The normalized spacial score (nSPS) is 10.6. The van der Waals surface area contributed by atoms with Gasteiger partial charge < -0.3 is 5.11 Å². The van der Waals surface area contributed by atoms with Crippen molar-refractivity contribution < 1.29 is 5.11 Å². The van der Waals surface area contributed by atoms with E-state index >= 15 is 0 Å². The zero-order valence-corrected chi connectivity index (χ0v) is 9.53. The molecule has 0 aliphatic carbocycles. The summed E-state index contributed by atoms with van der Waals surface area (Å²) in [4.78, 5) is 0. The van der Waals surface area contributed by atoms with Gasteiger partial charge in [0, 0.05) is 6.61 Å². The van der Waals surface area contributed by atoms with Crippen molar-refractivity contribution in [2.75, 3.05) is 6.61 Å². The van der Waals surface area contributed by atoms with Crippen LogP contribution in [0.2, 0.25) is 0 Å². The number of aryl methyl sites for hydroxylation is 1. The third-order valence-corrected chi connectivity index (χ3v) is 2.94.